The third-order valence-electron chi connectivity index (χ3n) is 5.20. The number of urea groups is 1. The summed E-state index contributed by atoms with van der Waals surface area (Å²) in [4.78, 5) is 38.3. The number of benzene rings is 1. The van der Waals surface area contributed by atoms with Crippen LogP contribution in [0.25, 0.3) is 0 Å². The van der Waals surface area contributed by atoms with Crippen LogP contribution < -0.4 is 14.8 Å². The quantitative estimate of drug-likeness (QED) is 0.801. The number of imide groups is 1. The summed E-state index contributed by atoms with van der Waals surface area (Å²) in [5.74, 6) is 0.458. The van der Waals surface area contributed by atoms with E-state index in [-0.39, 0.29) is 37.4 Å². The summed E-state index contributed by atoms with van der Waals surface area (Å²) in [7, 11) is 1.59. The number of carbonyl (C=O) groups excluding carboxylic acids is 3. The Labute approximate surface area is 157 Å². The minimum absolute atomic E-state index is 0.101. The van der Waals surface area contributed by atoms with Crippen molar-refractivity contribution < 1.29 is 23.9 Å². The number of hydrogen-bond donors (Lipinski definition) is 1. The van der Waals surface area contributed by atoms with E-state index in [2.05, 4.69) is 5.32 Å². The number of rotatable bonds is 5. The lowest BCUT2D eigenvalue weighted by Gasteiger charge is -2.21. The van der Waals surface area contributed by atoms with Crippen LogP contribution in [0.3, 0.4) is 0 Å². The average molecular weight is 373 g/mol. The van der Waals surface area contributed by atoms with Crippen molar-refractivity contribution in [1.29, 1.82) is 0 Å². The Morgan fingerprint density at radius 2 is 1.93 bits per heavy atom. The highest BCUT2D eigenvalue weighted by Gasteiger charge is 2.44. The predicted molar refractivity (Wildman–Crippen MR) is 96.5 cm³/mol. The van der Waals surface area contributed by atoms with E-state index in [1.165, 1.54) is 9.80 Å². The van der Waals surface area contributed by atoms with E-state index in [0.29, 0.717) is 23.6 Å². The molecule has 0 bridgehead atoms. The number of nitrogens with zero attached hydrogens (tertiary/aromatic N) is 2. The lowest BCUT2D eigenvalue weighted by atomic mass is 10.2. The number of nitrogens with one attached hydrogen (secondary N) is 1. The maximum Gasteiger partial charge on any atom is 0.326 e. The van der Waals surface area contributed by atoms with Crippen LogP contribution in [0.4, 0.5) is 10.5 Å². The Morgan fingerprint density at radius 1 is 1.19 bits per heavy atom. The first-order valence-corrected chi connectivity index (χ1v) is 9.33. The Hall–Kier alpha value is -2.77. The fraction of sp³-hybridized carbons (Fsp3) is 0.526. The summed E-state index contributed by atoms with van der Waals surface area (Å²) < 4.78 is 12.0. The third kappa shape index (κ3) is 3.43. The highest BCUT2D eigenvalue weighted by atomic mass is 16.7. The van der Waals surface area contributed by atoms with Crippen LogP contribution in [-0.4, -0.2) is 53.6 Å². The van der Waals surface area contributed by atoms with Crippen molar-refractivity contribution in [1.82, 2.24) is 9.80 Å². The number of carbonyl (C=O) groups is 3. The third-order valence-corrected chi connectivity index (χ3v) is 5.20. The van der Waals surface area contributed by atoms with Gasteiger partial charge in [-0.15, -0.1) is 0 Å². The fourth-order valence-corrected chi connectivity index (χ4v) is 3.80. The van der Waals surface area contributed by atoms with Gasteiger partial charge in [-0.25, -0.2) is 4.79 Å². The number of fused-ring (bicyclic) bond motifs is 1. The Bertz CT molecular complexity index is 788. The van der Waals surface area contributed by atoms with Gasteiger partial charge in [-0.2, -0.15) is 0 Å². The minimum atomic E-state index is -0.521. The average Bonchev–Trinajstić information content (AvgIpc) is 3.29. The molecule has 1 aromatic rings. The van der Waals surface area contributed by atoms with E-state index in [9.17, 15) is 14.4 Å². The summed E-state index contributed by atoms with van der Waals surface area (Å²) in [6.45, 7) is 0.350. The minimum Gasteiger partial charge on any atom is -0.448 e. The van der Waals surface area contributed by atoms with Crippen molar-refractivity contribution >= 4 is 23.5 Å². The molecular weight excluding hydrogens is 350 g/mol. The maximum atomic E-state index is 12.2. The Morgan fingerprint density at radius 3 is 2.63 bits per heavy atom. The lowest BCUT2D eigenvalue weighted by molar-refractivity contribution is -0.125. The summed E-state index contributed by atoms with van der Waals surface area (Å²) in [6.07, 6.45) is 4.59. The number of ether oxygens (including phenoxy) is 2. The van der Waals surface area contributed by atoms with Crippen LogP contribution in [0.1, 0.15) is 38.5 Å². The molecule has 1 spiro atoms. The van der Waals surface area contributed by atoms with E-state index in [1.54, 1.807) is 19.2 Å². The summed E-state index contributed by atoms with van der Waals surface area (Å²) in [6, 6.07) is 5.08. The summed E-state index contributed by atoms with van der Waals surface area (Å²) >= 11 is 0. The van der Waals surface area contributed by atoms with Crippen molar-refractivity contribution in [3.8, 4) is 11.5 Å². The van der Waals surface area contributed by atoms with Crippen LogP contribution in [-0.2, 0) is 9.59 Å². The molecule has 2 aliphatic heterocycles. The molecule has 4 amide bonds. The topological polar surface area (TPSA) is 88.2 Å². The molecule has 2 fully saturated rings. The van der Waals surface area contributed by atoms with Gasteiger partial charge in [0.1, 0.15) is 6.54 Å². The van der Waals surface area contributed by atoms with Crippen LogP contribution in [0.15, 0.2) is 18.2 Å². The molecule has 1 saturated heterocycles. The van der Waals surface area contributed by atoms with Crippen molar-refractivity contribution in [3.63, 3.8) is 0 Å². The molecule has 0 unspecified atom stereocenters. The maximum absolute atomic E-state index is 12.2. The largest absolute Gasteiger partial charge is 0.448 e. The predicted octanol–water partition coefficient (Wildman–Crippen LogP) is 2.34. The van der Waals surface area contributed by atoms with Crippen molar-refractivity contribution in [3.05, 3.63) is 18.2 Å². The van der Waals surface area contributed by atoms with Gasteiger partial charge in [0.15, 0.2) is 11.5 Å². The van der Waals surface area contributed by atoms with Gasteiger partial charge in [-0.1, -0.05) is 0 Å². The van der Waals surface area contributed by atoms with E-state index in [1.807, 2.05) is 6.07 Å². The van der Waals surface area contributed by atoms with Crippen molar-refractivity contribution in [2.24, 2.45) is 0 Å². The van der Waals surface area contributed by atoms with Crippen LogP contribution >= 0.6 is 0 Å². The normalized spacial score (nSPS) is 20.0. The number of anilines is 1. The first-order valence-electron chi connectivity index (χ1n) is 9.33. The van der Waals surface area contributed by atoms with Crippen molar-refractivity contribution in [2.75, 3.05) is 25.5 Å². The van der Waals surface area contributed by atoms with Gasteiger partial charge in [0.25, 0.3) is 5.79 Å². The molecule has 27 heavy (non-hydrogen) atoms. The van der Waals surface area contributed by atoms with Gasteiger partial charge >= 0.3 is 6.03 Å². The molecule has 1 saturated carbocycles. The molecule has 3 aliphatic rings. The molecular formula is C19H23N3O5. The van der Waals surface area contributed by atoms with E-state index >= 15 is 0 Å². The number of likely N-dealkylation sites (N-methyl/N-ethyl adjacent to an activating group) is 1. The molecule has 4 rings (SSSR count). The zero-order valence-corrected chi connectivity index (χ0v) is 15.3. The molecule has 0 aromatic heterocycles. The zero-order valence-electron chi connectivity index (χ0n) is 15.3. The molecule has 0 atom stereocenters. The smallest absolute Gasteiger partial charge is 0.326 e. The fourth-order valence-electron chi connectivity index (χ4n) is 3.80. The second kappa shape index (κ2) is 6.75. The first-order chi connectivity index (χ1) is 13.0. The van der Waals surface area contributed by atoms with Crippen LogP contribution in [0.2, 0.25) is 0 Å². The standard InChI is InChI=1S/C19H23N3O5/c1-21-12-17(24)22(18(21)25)10-4-5-16(23)20-13-6-7-14-15(11-13)27-19(26-14)8-2-3-9-19/h6-7,11H,2-5,8-10,12H2,1H3,(H,20,23). The molecule has 1 aliphatic carbocycles. The molecule has 144 valence electrons. The molecule has 1 N–H and O–H groups in total. The lowest BCUT2D eigenvalue weighted by Crippen LogP contribution is -2.34. The van der Waals surface area contributed by atoms with Crippen LogP contribution in [0, 0.1) is 0 Å². The first kappa shape index (κ1) is 17.6. The van der Waals surface area contributed by atoms with Gasteiger partial charge in [0.2, 0.25) is 11.8 Å². The number of hydrogen-bond acceptors (Lipinski definition) is 5. The molecule has 2 heterocycles. The van der Waals surface area contributed by atoms with Gasteiger partial charge in [0.05, 0.1) is 0 Å². The second-order valence-corrected chi connectivity index (χ2v) is 7.32. The van der Waals surface area contributed by atoms with Gasteiger partial charge in [0, 0.05) is 44.6 Å². The highest BCUT2D eigenvalue weighted by Crippen LogP contribution is 2.47. The summed E-state index contributed by atoms with van der Waals surface area (Å²) in [5.41, 5.74) is 0.644. The van der Waals surface area contributed by atoms with Gasteiger partial charge < -0.3 is 19.7 Å². The van der Waals surface area contributed by atoms with Gasteiger partial charge in [-0.3, -0.25) is 14.5 Å². The zero-order chi connectivity index (χ0) is 19.0. The van der Waals surface area contributed by atoms with E-state index in [4.69, 9.17) is 9.47 Å². The summed E-state index contributed by atoms with van der Waals surface area (Å²) in [5, 5.41) is 2.83. The molecule has 1 aromatic carbocycles. The highest BCUT2D eigenvalue weighted by molar-refractivity contribution is 6.01. The monoisotopic (exact) mass is 373 g/mol. The van der Waals surface area contributed by atoms with E-state index in [0.717, 1.165) is 25.7 Å². The molecule has 8 nitrogen and oxygen atoms in total. The Kier molecular flexibility index (Phi) is 4.41. The Balaban J connectivity index is 1.28. The second-order valence-electron chi connectivity index (χ2n) is 7.32. The van der Waals surface area contributed by atoms with Gasteiger partial charge in [-0.05, 0) is 31.4 Å². The SMILES string of the molecule is CN1CC(=O)N(CCCC(=O)Nc2ccc3c(c2)OC2(CCCC2)O3)C1=O. The van der Waals surface area contributed by atoms with Crippen molar-refractivity contribution in [2.45, 2.75) is 44.3 Å². The van der Waals surface area contributed by atoms with E-state index < -0.39 is 5.79 Å². The molecule has 0 radical (unpaired) electrons. The molecule has 8 heteroatoms. The van der Waals surface area contributed by atoms with Crippen LogP contribution in [0.5, 0.6) is 11.5 Å². The number of amides is 4.